The van der Waals surface area contributed by atoms with E-state index >= 15 is 0 Å². The van der Waals surface area contributed by atoms with Crippen LogP contribution >= 0.6 is 0 Å². The molecule has 176 valence electrons. The highest BCUT2D eigenvalue weighted by molar-refractivity contribution is 5.72. The summed E-state index contributed by atoms with van der Waals surface area (Å²) in [5, 5.41) is 0. The van der Waals surface area contributed by atoms with E-state index in [2.05, 4.69) is 19.1 Å². The van der Waals surface area contributed by atoms with E-state index in [1.807, 2.05) is 18.2 Å². The van der Waals surface area contributed by atoms with Crippen molar-refractivity contribution in [3.8, 4) is 0 Å². The molecule has 0 saturated carbocycles. The maximum atomic E-state index is 11.3. The maximum Gasteiger partial charge on any atom is 0.314 e. The minimum absolute atomic E-state index is 0.364. The Balaban J connectivity index is 0.000000577. The van der Waals surface area contributed by atoms with E-state index in [0.29, 0.717) is 79.0 Å². The topological polar surface area (TPSA) is 130 Å². The van der Waals surface area contributed by atoms with Crippen molar-refractivity contribution in [2.75, 3.05) is 79.0 Å². The molecular formula is C21H36N4O6. The number of rotatable bonds is 0. The molecule has 1 aliphatic heterocycles. The summed E-state index contributed by atoms with van der Waals surface area (Å²) in [7, 11) is 0. The van der Waals surface area contributed by atoms with Crippen LogP contribution in [0, 0.1) is 6.92 Å². The average molecular weight is 441 g/mol. The first-order valence-corrected chi connectivity index (χ1v) is 10.4. The van der Waals surface area contributed by atoms with E-state index in [1.165, 1.54) is 15.4 Å². The second-order valence-electron chi connectivity index (χ2n) is 6.75. The number of nitrogens with zero attached hydrogens (tertiary/aromatic N) is 2. The fraction of sp³-hybridized carbons (Fsp3) is 0.619. The van der Waals surface area contributed by atoms with Gasteiger partial charge in [0.15, 0.2) is 0 Å². The highest BCUT2D eigenvalue weighted by atomic mass is 16.5. The number of ether oxygens (including phenoxy) is 4. The minimum atomic E-state index is -0.504. The molecule has 4 N–H and O–H groups in total. The van der Waals surface area contributed by atoms with E-state index in [9.17, 15) is 9.59 Å². The molecule has 2 rings (SSSR count). The van der Waals surface area contributed by atoms with Gasteiger partial charge >= 0.3 is 12.1 Å². The van der Waals surface area contributed by atoms with Crippen molar-refractivity contribution in [1.29, 1.82) is 0 Å². The number of amides is 4. The molecule has 10 nitrogen and oxygen atoms in total. The summed E-state index contributed by atoms with van der Waals surface area (Å²) >= 11 is 0. The zero-order valence-corrected chi connectivity index (χ0v) is 18.4. The molecular weight excluding hydrogens is 404 g/mol. The smallest absolute Gasteiger partial charge is 0.314 e. The summed E-state index contributed by atoms with van der Waals surface area (Å²) in [5.74, 6) is 0. The van der Waals surface area contributed by atoms with Gasteiger partial charge in [0.05, 0.1) is 52.9 Å². The van der Waals surface area contributed by atoms with Crippen LogP contribution in [-0.2, 0) is 18.9 Å². The summed E-state index contributed by atoms with van der Waals surface area (Å²) in [6.07, 6.45) is 0. The molecule has 0 unspecified atom stereocenters. The van der Waals surface area contributed by atoms with Gasteiger partial charge in [0, 0.05) is 26.2 Å². The summed E-state index contributed by atoms with van der Waals surface area (Å²) < 4.78 is 21.6. The Morgan fingerprint density at radius 2 is 0.968 bits per heavy atom. The van der Waals surface area contributed by atoms with Crippen molar-refractivity contribution in [3.05, 3.63) is 35.9 Å². The van der Waals surface area contributed by atoms with E-state index < -0.39 is 12.1 Å². The molecule has 1 fully saturated rings. The third-order valence-corrected chi connectivity index (χ3v) is 4.33. The summed E-state index contributed by atoms with van der Waals surface area (Å²) in [4.78, 5) is 25.6. The van der Waals surface area contributed by atoms with Gasteiger partial charge in [0.2, 0.25) is 0 Å². The Morgan fingerprint density at radius 3 is 1.19 bits per heavy atom. The van der Waals surface area contributed by atoms with Crippen molar-refractivity contribution >= 4 is 12.1 Å². The molecule has 0 spiro atoms. The Hall–Kier alpha value is -2.40. The average Bonchev–Trinajstić information content (AvgIpc) is 2.74. The van der Waals surface area contributed by atoms with Gasteiger partial charge in [-0.05, 0) is 6.92 Å². The van der Waals surface area contributed by atoms with Crippen LogP contribution in [0.25, 0.3) is 0 Å². The van der Waals surface area contributed by atoms with Crippen molar-refractivity contribution in [1.82, 2.24) is 9.80 Å². The normalized spacial score (nSPS) is 18.1. The molecule has 4 amide bonds. The summed E-state index contributed by atoms with van der Waals surface area (Å²) in [6, 6.07) is 9.25. The van der Waals surface area contributed by atoms with Crippen molar-refractivity contribution in [2.24, 2.45) is 11.5 Å². The molecule has 31 heavy (non-hydrogen) atoms. The highest BCUT2D eigenvalue weighted by Gasteiger charge is 2.11. The number of urea groups is 2. The lowest BCUT2D eigenvalue weighted by Gasteiger charge is -2.21. The Bertz CT molecular complexity index is 551. The van der Waals surface area contributed by atoms with Gasteiger partial charge in [-0.3, -0.25) is 0 Å². The Morgan fingerprint density at radius 1 is 0.645 bits per heavy atom. The van der Waals surface area contributed by atoms with Crippen LogP contribution in [0.3, 0.4) is 0 Å². The number of hydrogen-bond acceptors (Lipinski definition) is 6. The van der Waals surface area contributed by atoms with Crippen LogP contribution in [0.5, 0.6) is 0 Å². The van der Waals surface area contributed by atoms with Crippen molar-refractivity contribution in [3.63, 3.8) is 0 Å². The van der Waals surface area contributed by atoms with E-state index in [-0.39, 0.29) is 0 Å². The molecule has 1 saturated heterocycles. The van der Waals surface area contributed by atoms with Gasteiger partial charge in [-0.2, -0.15) is 0 Å². The fourth-order valence-corrected chi connectivity index (χ4v) is 2.54. The number of nitrogens with two attached hydrogens (primary N) is 2. The molecule has 1 aliphatic rings. The maximum absolute atomic E-state index is 11.3. The highest BCUT2D eigenvalue weighted by Crippen LogP contribution is 1.94. The van der Waals surface area contributed by atoms with Crippen LogP contribution < -0.4 is 11.5 Å². The fourth-order valence-electron chi connectivity index (χ4n) is 2.54. The first kappa shape index (κ1) is 26.6. The van der Waals surface area contributed by atoms with Crippen LogP contribution in [0.4, 0.5) is 9.59 Å². The van der Waals surface area contributed by atoms with Gasteiger partial charge in [0.1, 0.15) is 0 Å². The Kier molecular flexibility index (Phi) is 14.9. The number of benzene rings is 1. The lowest BCUT2D eigenvalue weighted by molar-refractivity contribution is 0.0171. The molecule has 10 heteroatoms. The largest absolute Gasteiger partial charge is 0.377 e. The third-order valence-electron chi connectivity index (χ3n) is 4.33. The van der Waals surface area contributed by atoms with Crippen molar-refractivity contribution < 1.29 is 28.5 Å². The third kappa shape index (κ3) is 14.3. The molecule has 0 aliphatic carbocycles. The summed E-state index contributed by atoms with van der Waals surface area (Å²) in [5.41, 5.74) is 11.9. The summed E-state index contributed by atoms with van der Waals surface area (Å²) in [6.45, 7) is 6.68. The predicted octanol–water partition coefficient (Wildman–Crippen LogP) is 0.823. The second-order valence-corrected chi connectivity index (χ2v) is 6.75. The van der Waals surface area contributed by atoms with E-state index in [4.69, 9.17) is 30.4 Å². The molecule has 0 aromatic heterocycles. The van der Waals surface area contributed by atoms with E-state index in [0.717, 1.165) is 0 Å². The van der Waals surface area contributed by atoms with Gasteiger partial charge in [-0.25, -0.2) is 9.59 Å². The van der Waals surface area contributed by atoms with Crippen LogP contribution in [0.2, 0.25) is 0 Å². The lowest BCUT2D eigenvalue weighted by Crippen LogP contribution is -2.41. The molecule has 0 atom stereocenters. The quantitative estimate of drug-likeness (QED) is 0.614. The van der Waals surface area contributed by atoms with Gasteiger partial charge in [0.25, 0.3) is 0 Å². The molecule has 1 aromatic rings. The molecule has 0 bridgehead atoms. The van der Waals surface area contributed by atoms with Gasteiger partial charge in [-0.1, -0.05) is 35.9 Å². The Labute approximate surface area is 184 Å². The van der Waals surface area contributed by atoms with Crippen LogP contribution in [0.15, 0.2) is 30.3 Å². The number of aryl methyl sites for hydroxylation is 1. The number of carbonyl (C=O) groups is 2. The zero-order valence-electron chi connectivity index (χ0n) is 18.4. The second kappa shape index (κ2) is 17.3. The van der Waals surface area contributed by atoms with E-state index in [1.54, 1.807) is 0 Å². The standard InChI is InChI=1S/C14H28N4O6.C7H8/c15-13(19)17-1-5-21-9-10-23-7-3-18(14(16)20)4-8-24-12-11-22-6-2-17;1-7-5-3-2-4-6-7/h1-12H2,(H2,15,19)(H2,16,20);2-6H,1H3. The van der Waals surface area contributed by atoms with Gasteiger partial charge in [-0.15, -0.1) is 0 Å². The molecule has 0 radical (unpaired) electrons. The van der Waals surface area contributed by atoms with Gasteiger partial charge < -0.3 is 40.2 Å². The number of carbonyl (C=O) groups excluding carboxylic acids is 2. The minimum Gasteiger partial charge on any atom is -0.377 e. The first-order valence-electron chi connectivity index (χ1n) is 10.4. The molecule has 1 aromatic carbocycles. The van der Waals surface area contributed by atoms with Crippen molar-refractivity contribution in [2.45, 2.75) is 6.92 Å². The monoisotopic (exact) mass is 440 g/mol. The van der Waals surface area contributed by atoms with Crippen LogP contribution in [0.1, 0.15) is 5.56 Å². The predicted molar refractivity (Wildman–Crippen MR) is 117 cm³/mol. The zero-order chi connectivity index (χ0) is 22.7. The first-order chi connectivity index (χ1) is 15.0. The number of hydrogen-bond donors (Lipinski definition) is 2. The lowest BCUT2D eigenvalue weighted by atomic mass is 10.2. The van der Waals surface area contributed by atoms with Crippen LogP contribution in [-0.4, -0.2) is 101 Å². The molecule has 1 heterocycles. The number of primary amides is 2. The SMILES string of the molecule is Cc1ccccc1.NC(=O)N1CCOCCOCCN(C(N)=O)CCOCCOCC1.